The first-order valence-electron chi connectivity index (χ1n) is 16.9. The third-order valence-corrected chi connectivity index (χ3v) is 11.3. The molecule has 4 heterocycles. The fraction of sp³-hybridized carbons (Fsp3) is 0.432. The first kappa shape index (κ1) is 32.9. The zero-order chi connectivity index (χ0) is 34.6. The Kier molecular flexibility index (Phi) is 8.33. The number of carbonyl (C=O) groups excluding carboxylic acids is 1. The molecule has 0 radical (unpaired) electrons. The molecule has 1 saturated carbocycles. The fourth-order valence-electron chi connectivity index (χ4n) is 7.32. The van der Waals surface area contributed by atoms with Gasteiger partial charge in [-0.15, -0.1) is 0 Å². The smallest absolute Gasteiger partial charge is 0.264 e. The highest BCUT2D eigenvalue weighted by molar-refractivity contribution is 7.92. The maximum atomic E-state index is 14.5. The molecule has 11 nitrogen and oxygen atoms in total. The number of nitrogens with zero attached hydrogens (tertiary/aromatic N) is 6. The van der Waals surface area contributed by atoms with Crippen LogP contribution in [0, 0.1) is 19.3 Å². The van der Waals surface area contributed by atoms with Gasteiger partial charge >= 0.3 is 0 Å². The van der Waals surface area contributed by atoms with Crippen molar-refractivity contribution < 1.29 is 17.9 Å². The summed E-state index contributed by atoms with van der Waals surface area (Å²) < 4.78 is 36.4. The molecule has 0 unspecified atom stereocenters. The van der Waals surface area contributed by atoms with Crippen LogP contribution < -0.4 is 14.4 Å². The van der Waals surface area contributed by atoms with E-state index >= 15 is 0 Å². The number of rotatable bonds is 5. The van der Waals surface area contributed by atoms with Gasteiger partial charge in [0.2, 0.25) is 11.8 Å². The highest BCUT2D eigenvalue weighted by Crippen LogP contribution is 2.48. The van der Waals surface area contributed by atoms with Gasteiger partial charge in [-0.1, -0.05) is 45.0 Å². The molecule has 1 atom stereocenters. The molecule has 2 fully saturated rings. The molecular weight excluding hydrogens is 639 g/mol. The van der Waals surface area contributed by atoms with Crippen LogP contribution in [0.5, 0.6) is 5.88 Å². The summed E-state index contributed by atoms with van der Waals surface area (Å²) in [6, 6.07) is 13.3. The molecule has 12 heteroatoms. The number of benzene rings is 2. The van der Waals surface area contributed by atoms with Gasteiger partial charge in [0.15, 0.2) is 0 Å². The molecule has 3 aliphatic rings. The van der Waals surface area contributed by atoms with Crippen LogP contribution in [0.2, 0.25) is 0 Å². The normalized spacial score (nSPS) is 19.8. The molecule has 4 bridgehead atoms. The van der Waals surface area contributed by atoms with Crippen molar-refractivity contribution in [3.63, 3.8) is 0 Å². The molecule has 7 rings (SSSR count). The third-order valence-electron chi connectivity index (χ3n) is 9.97. The van der Waals surface area contributed by atoms with Gasteiger partial charge in [-0.3, -0.25) is 9.78 Å². The fourth-order valence-corrected chi connectivity index (χ4v) is 8.31. The molecule has 1 saturated heterocycles. The van der Waals surface area contributed by atoms with E-state index in [-0.39, 0.29) is 52.3 Å². The molecule has 2 aliphatic heterocycles. The number of amides is 1. The van der Waals surface area contributed by atoms with Gasteiger partial charge in [-0.05, 0) is 80.7 Å². The summed E-state index contributed by atoms with van der Waals surface area (Å²) in [6.45, 7) is 11.6. The molecule has 1 spiro atoms. The number of hydrogen-bond acceptors (Lipinski definition) is 9. The Hall–Kier alpha value is -4.58. The van der Waals surface area contributed by atoms with E-state index < -0.39 is 16.1 Å². The summed E-state index contributed by atoms with van der Waals surface area (Å²) in [5.74, 6) is 0.595. The van der Waals surface area contributed by atoms with Crippen molar-refractivity contribution in [3.05, 3.63) is 83.3 Å². The van der Waals surface area contributed by atoms with E-state index in [0.717, 1.165) is 29.1 Å². The molecule has 49 heavy (non-hydrogen) atoms. The molecule has 1 amide bonds. The van der Waals surface area contributed by atoms with Crippen molar-refractivity contribution in [3.8, 4) is 17.1 Å². The van der Waals surface area contributed by atoms with Crippen molar-refractivity contribution in [1.29, 1.82) is 0 Å². The van der Waals surface area contributed by atoms with Gasteiger partial charge in [0.25, 0.3) is 15.9 Å². The average molecular weight is 682 g/mol. The maximum absolute atomic E-state index is 14.5. The molecular formula is C37H43N7O4S. The Morgan fingerprint density at radius 3 is 2.41 bits per heavy atom. The molecule has 4 aromatic rings. The molecule has 1 N–H and O–H groups in total. The Morgan fingerprint density at radius 1 is 0.980 bits per heavy atom. The van der Waals surface area contributed by atoms with Crippen molar-refractivity contribution in [1.82, 2.24) is 24.8 Å². The molecule has 256 valence electrons. The number of aromatic nitrogens is 4. The van der Waals surface area contributed by atoms with Gasteiger partial charge < -0.3 is 14.5 Å². The topological polar surface area (TPSA) is 131 Å². The highest BCUT2D eigenvalue weighted by Gasteiger charge is 2.49. The minimum atomic E-state index is -4.17. The molecule has 2 aromatic carbocycles. The van der Waals surface area contributed by atoms with Crippen molar-refractivity contribution >= 4 is 27.7 Å². The summed E-state index contributed by atoms with van der Waals surface area (Å²) >= 11 is 0. The Labute approximate surface area is 288 Å². The second-order valence-corrected chi connectivity index (χ2v) is 16.5. The number of hydrogen-bond donors (Lipinski definition) is 1. The van der Waals surface area contributed by atoms with E-state index in [1.165, 1.54) is 37.8 Å². The monoisotopic (exact) mass is 681 g/mol. The zero-order valence-corrected chi connectivity index (χ0v) is 29.5. The maximum Gasteiger partial charge on any atom is 0.264 e. The van der Waals surface area contributed by atoms with E-state index in [1.807, 2.05) is 38.2 Å². The SMILES string of the molecule is Cc1cccc(C)c1-c1cc2nc(n1)NS(=O)(=O)c1cccc(c1)C(=O)N(Cc1cncc(N3CCC34CCC4)n1)[C@H](CC(C)(C)C)CO2. The van der Waals surface area contributed by atoms with Gasteiger partial charge in [0, 0.05) is 29.3 Å². The van der Waals surface area contributed by atoms with Gasteiger partial charge in [0.1, 0.15) is 12.4 Å². The average Bonchev–Trinajstić information content (AvgIpc) is 3.00. The standard InChI is InChI=1S/C37H43N7O4S/c1-24-9-6-10-25(2)33(24)30-18-32-41-35(40-30)42-49(46,47)29-12-7-11-26(17-29)34(45)43(28(23-48-32)19-36(3,4)5)22-27-20-38-21-31(39-27)44-16-15-37(44)13-8-14-37/h6-7,9-12,17-18,20-21,28H,8,13-16,19,22-23H2,1-5H3,(H,40,41,42)/t28-/m1/s1. The lowest BCUT2D eigenvalue weighted by Crippen LogP contribution is -2.64. The predicted octanol–water partition coefficient (Wildman–Crippen LogP) is 6.32. The summed E-state index contributed by atoms with van der Waals surface area (Å²) in [7, 11) is -4.17. The van der Waals surface area contributed by atoms with Crippen LogP contribution >= 0.6 is 0 Å². The van der Waals surface area contributed by atoms with E-state index in [0.29, 0.717) is 17.8 Å². The molecule has 2 aromatic heterocycles. The van der Waals surface area contributed by atoms with Gasteiger partial charge in [-0.2, -0.15) is 4.98 Å². The first-order valence-corrected chi connectivity index (χ1v) is 18.4. The van der Waals surface area contributed by atoms with Crippen molar-refractivity contribution in [2.45, 2.75) is 89.7 Å². The predicted molar refractivity (Wildman–Crippen MR) is 188 cm³/mol. The second kappa shape index (κ2) is 12.4. The first-order chi connectivity index (χ1) is 23.3. The second-order valence-electron chi connectivity index (χ2n) is 14.8. The van der Waals surface area contributed by atoms with Crippen LogP contribution in [0.15, 0.2) is 65.8 Å². The van der Waals surface area contributed by atoms with E-state index in [9.17, 15) is 13.2 Å². The largest absolute Gasteiger partial charge is 0.475 e. The number of anilines is 2. The number of ether oxygens (including phenoxy) is 1. The number of aryl methyl sites for hydroxylation is 2. The minimum absolute atomic E-state index is 0.0705. The highest BCUT2D eigenvalue weighted by atomic mass is 32.2. The Morgan fingerprint density at radius 2 is 1.73 bits per heavy atom. The summed E-state index contributed by atoms with van der Waals surface area (Å²) in [4.78, 5) is 37.3. The van der Waals surface area contributed by atoms with Crippen LogP contribution in [0.4, 0.5) is 11.8 Å². The zero-order valence-electron chi connectivity index (χ0n) is 28.7. The number of fused-ring (bicyclic) bond motifs is 4. The van der Waals surface area contributed by atoms with E-state index in [4.69, 9.17) is 9.72 Å². The van der Waals surface area contributed by atoms with Crippen LogP contribution in [0.25, 0.3) is 11.3 Å². The van der Waals surface area contributed by atoms with Crippen molar-refractivity contribution in [2.75, 3.05) is 22.8 Å². The lowest BCUT2D eigenvalue weighted by molar-refractivity contribution is 0.0508. The third kappa shape index (κ3) is 6.58. The van der Waals surface area contributed by atoms with Crippen LogP contribution in [0.3, 0.4) is 0 Å². The van der Waals surface area contributed by atoms with Crippen LogP contribution in [-0.2, 0) is 16.6 Å². The van der Waals surface area contributed by atoms with Crippen LogP contribution in [-0.4, -0.2) is 63.9 Å². The Bertz CT molecular complexity index is 2000. The van der Waals surface area contributed by atoms with Gasteiger partial charge in [-0.25, -0.2) is 23.1 Å². The summed E-state index contributed by atoms with van der Waals surface area (Å²) in [5, 5.41) is 0. The quantitative estimate of drug-likeness (QED) is 0.257. The number of carbonyl (C=O) groups is 1. The number of sulfonamides is 1. The lowest BCUT2D eigenvalue weighted by Gasteiger charge is -2.59. The molecule has 1 aliphatic carbocycles. The summed E-state index contributed by atoms with van der Waals surface area (Å²) in [6.07, 6.45) is 8.83. The van der Waals surface area contributed by atoms with Gasteiger partial charge in [0.05, 0.1) is 41.3 Å². The minimum Gasteiger partial charge on any atom is -0.475 e. The summed E-state index contributed by atoms with van der Waals surface area (Å²) in [5.41, 5.74) is 4.28. The van der Waals surface area contributed by atoms with Crippen molar-refractivity contribution in [2.24, 2.45) is 5.41 Å². The van der Waals surface area contributed by atoms with E-state index in [2.05, 4.69) is 45.3 Å². The van der Waals surface area contributed by atoms with Crippen LogP contribution in [0.1, 0.15) is 80.1 Å². The lowest BCUT2D eigenvalue weighted by atomic mass is 9.68. The van der Waals surface area contributed by atoms with E-state index in [1.54, 1.807) is 29.3 Å². The number of nitrogens with one attached hydrogen (secondary N) is 1. The Balaban J connectivity index is 1.32.